The standard InChI is InChI=1S/C21H16ClF3N6O/c22-18-17(20(32)30-5-3-13(10-30)12-2-1-4-26-7-12)29-19-16(21(23,24)25)6-14(11-31(18)19)15-8-27-28-9-15/h1-4,6-8,11,15,28H,5,9-10H2. The average molecular weight is 461 g/mol. The quantitative estimate of drug-likeness (QED) is 0.648. The van der Waals surface area contributed by atoms with Crippen molar-refractivity contribution >= 4 is 34.9 Å². The van der Waals surface area contributed by atoms with Crippen LogP contribution in [0.3, 0.4) is 0 Å². The number of carbonyl (C=O) groups is 1. The van der Waals surface area contributed by atoms with Crippen molar-refractivity contribution in [2.75, 3.05) is 19.6 Å². The van der Waals surface area contributed by atoms with Gasteiger partial charge in [0.15, 0.2) is 11.3 Å². The zero-order valence-electron chi connectivity index (χ0n) is 16.5. The van der Waals surface area contributed by atoms with Gasteiger partial charge in [0.2, 0.25) is 0 Å². The van der Waals surface area contributed by atoms with Crippen LogP contribution in [0, 0.1) is 0 Å². The average Bonchev–Trinajstić information content (AvgIpc) is 3.53. The molecule has 0 bridgehead atoms. The lowest BCUT2D eigenvalue weighted by Gasteiger charge is -2.15. The van der Waals surface area contributed by atoms with Gasteiger partial charge in [0.05, 0.1) is 5.56 Å². The normalized spacial score (nSPS) is 18.3. The molecule has 0 saturated carbocycles. The molecule has 0 radical (unpaired) electrons. The summed E-state index contributed by atoms with van der Waals surface area (Å²) in [6.45, 7) is 0.961. The predicted octanol–water partition coefficient (Wildman–Crippen LogP) is 3.61. The van der Waals surface area contributed by atoms with Crippen LogP contribution in [0.1, 0.15) is 33.1 Å². The van der Waals surface area contributed by atoms with Crippen LogP contribution in [0.4, 0.5) is 13.2 Å². The van der Waals surface area contributed by atoms with E-state index in [0.29, 0.717) is 18.7 Å². The Morgan fingerprint density at radius 2 is 2.16 bits per heavy atom. The van der Waals surface area contributed by atoms with Gasteiger partial charge in [-0.2, -0.15) is 18.3 Å². The minimum atomic E-state index is -4.67. The lowest BCUT2D eigenvalue weighted by atomic mass is 10.0. The number of alkyl halides is 3. The fourth-order valence-electron chi connectivity index (χ4n) is 3.86. The summed E-state index contributed by atoms with van der Waals surface area (Å²) in [5, 5.41) is 3.71. The van der Waals surface area contributed by atoms with E-state index in [-0.39, 0.29) is 23.3 Å². The fourth-order valence-corrected chi connectivity index (χ4v) is 4.11. The topological polar surface area (TPSA) is 74.9 Å². The number of nitrogens with one attached hydrogen (secondary N) is 1. The van der Waals surface area contributed by atoms with Gasteiger partial charge >= 0.3 is 6.18 Å². The maximum atomic E-state index is 13.8. The molecule has 0 aromatic carbocycles. The van der Waals surface area contributed by atoms with Gasteiger partial charge in [0, 0.05) is 50.4 Å². The summed E-state index contributed by atoms with van der Waals surface area (Å²) < 4.78 is 42.6. The number of nitrogens with zero attached hydrogens (tertiary/aromatic N) is 5. The molecule has 2 aliphatic heterocycles. The van der Waals surface area contributed by atoms with E-state index in [2.05, 4.69) is 20.5 Å². The maximum Gasteiger partial charge on any atom is 0.419 e. The molecule has 1 atom stereocenters. The van der Waals surface area contributed by atoms with Gasteiger partial charge < -0.3 is 10.3 Å². The summed E-state index contributed by atoms with van der Waals surface area (Å²) in [6.07, 6.45) is 3.56. The van der Waals surface area contributed by atoms with Crippen molar-refractivity contribution in [3.05, 3.63) is 70.4 Å². The molecule has 0 spiro atoms. The predicted molar refractivity (Wildman–Crippen MR) is 113 cm³/mol. The minimum absolute atomic E-state index is 0.157. The number of fused-ring (bicyclic) bond motifs is 1. The Labute approximate surface area is 185 Å². The van der Waals surface area contributed by atoms with Gasteiger partial charge in [-0.15, -0.1) is 0 Å². The molecular weight excluding hydrogens is 445 g/mol. The molecule has 164 valence electrons. The lowest BCUT2D eigenvalue weighted by Crippen LogP contribution is -2.29. The number of carbonyl (C=O) groups excluding carboxylic acids is 1. The summed E-state index contributed by atoms with van der Waals surface area (Å²) in [5.74, 6) is -0.879. The molecule has 3 aromatic rings. The first-order valence-corrected chi connectivity index (χ1v) is 10.1. The van der Waals surface area contributed by atoms with Gasteiger partial charge in [-0.05, 0) is 28.8 Å². The van der Waals surface area contributed by atoms with Crippen LogP contribution in [0.5, 0.6) is 0 Å². The highest BCUT2D eigenvalue weighted by atomic mass is 35.5. The second kappa shape index (κ2) is 7.63. The number of amides is 1. The SMILES string of the molecule is O=C(c1nc2c(C(F)(F)F)cc(C3C=NNC3)cn2c1Cl)N1CC=C(c2cccnc2)C1. The molecule has 3 aromatic heterocycles. The maximum absolute atomic E-state index is 13.8. The largest absolute Gasteiger partial charge is 0.419 e. The summed E-state index contributed by atoms with van der Waals surface area (Å²) in [4.78, 5) is 22.7. The smallest absolute Gasteiger partial charge is 0.329 e. The number of halogens is 4. The Morgan fingerprint density at radius 3 is 2.84 bits per heavy atom. The molecule has 0 fully saturated rings. The third kappa shape index (κ3) is 3.50. The molecule has 2 aliphatic rings. The Bertz CT molecular complexity index is 1270. The van der Waals surface area contributed by atoms with Gasteiger partial charge in [0.25, 0.3) is 5.91 Å². The molecule has 1 amide bonds. The van der Waals surface area contributed by atoms with Crippen molar-refractivity contribution in [1.29, 1.82) is 0 Å². The fraction of sp³-hybridized carbons (Fsp3) is 0.238. The van der Waals surface area contributed by atoms with Crippen LogP contribution in [0.15, 0.2) is 48.0 Å². The van der Waals surface area contributed by atoms with E-state index in [9.17, 15) is 18.0 Å². The molecule has 0 saturated heterocycles. The number of imidazole rings is 1. The molecule has 5 rings (SSSR count). The molecule has 7 nitrogen and oxygen atoms in total. The van der Waals surface area contributed by atoms with Crippen molar-refractivity contribution in [1.82, 2.24) is 24.7 Å². The number of hydrazone groups is 1. The molecule has 32 heavy (non-hydrogen) atoms. The van der Waals surface area contributed by atoms with E-state index < -0.39 is 23.3 Å². The van der Waals surface area contributed by atoms with Crippen LogP contribution in [-0.2, 0) is 6.18 Å². The molecular formula is C21H16ClF3N6O. The Balaban J connectivity index is 1.52. The van der Waals surface area contributed by atoms with Gasteiger partial charge in [0.1, 0.15) is 5.15 Å². The van der Waals surface area contributed by atoms with Crippen LogP contribution in [0.25, 0.3) is 11.2 Å². The van der Waals surface area contributed by atoms with E-state index in [0.717, 1.165) is 21.6 Å². The highest BCUT2D eigenvalue weighted by Crippen LogP contribution is 2.36. The zero-order chi connectivity index (χ0) is 22.5. The zero-order valence-corrected chi connectivity index (χ0v) is 17.2. The molecule has 1 N–H and O–H groups in total. The first kappa shape index (κ1) is 20.5. The van der Waals surface area contributed by atoms with Gasteiger partial charge in [-0.1, -0.05) is 23.7 Å². The van der Waals surface area contributed by atoms with Crippen LogP contribution >= 0.6 is 11.6 Å². The number of aromatic nitrogens is 3. The number of rotatable bonds is 3. The first-order valence-electron chi connectivity index (χ1n) is 9.76. The summed E-state index contributed by atoms with van der Waals surface area (Å²) in [5.41, 5.74) is 3.31. The van der Waals surface area contributed by atoms with E-state index >= 15 is 0 Å². The first-order chi connectivity index (χ1) is 15.3. The van der Waals surface area contributed by atoms with Crippen molar-refractivity contribution in [2.45, 2.75) is 12.1 Å². The van der Waals surface area contributed by atoms with Crippen molar-refractivity contribution < 1.29 is 18.0 Å². The Hall–Kier alpha value is -3.40. The number of hydrogen-bond donors (Lipinski definition) is 1. The third-order valence-electron chi connectivity index (χ3n) is 5.51. The summed E-state index contributed by atoms with van der Waals surface area (Å²) in [7, 11) is 0. The van der Waals surface area contributed by atoms with Crippen molar-refractivity contribution in [3.63, 3.8) is 0 Å². The van der Waals surface area contributed by atoms with Crippen LogP contribution < -0.4 is 5.43 Å². The van der Waals surface area contributed by atoms with E-state index in [1.54, 1.807) is 18.5 Å². The number of hydrogen-bond acceptors (Lipinski definition) is 5. The van der Waals surface area contributed by atoms with Crippen LogP contribution in [0.2, 0.25) is 5.15 Å². The van der Waals surface area contributed by atoms with Crippen molar-refractivity contribution in [3.8, 4) is 0 Å². The van der Waals surface area contributed by atoms with Crippen LogP contribution in [-0.4, -0.2) is 51.0 Å². The summed E-state index contributed by atoms with van der Waals surface area (Å²) >= 11 is 6.39. The highest BCUT2D eigenvalue weighted by molar-refractivity contribution is 6.33. The van der Waals surface area contributed by atoms with Crippen molar-refractivity contribution in [2.24, 2.45) is 5.10 Å². The van der Waals surface area contributed by atoms with E-state index in [4.69, 9.17) is 11.6 Å². The molecule has 0 aliphatic carbocycles. The minimum Gasteiger partial charge on any atom is -0.329 e. The number of pyridine rings is 2. The third-order valence-corrected chi connectivity index (χ3v) is 5.88. The molecule has 11 heteroatoms. The van der Waals surface area contributed by atoms with Gasteiger partial charge in [-0.3, -0.25) is 14.2 Å². The monoisotopic (exact) mass is 460 g/mol. The lowest BCUT2D eigenvalue weighted by molar-refractivity contribution is -0.136. The van der Waals surface area contributed by atoms with E-state index in [1.807, 2.05) is 12.1 Å². The molecule has 1 unspecified atom stereocenters. The Morgan fingerprint density at radius 1 is 1.31 bits per heavy atom. The second-order valence-corrected chi connectivity index (χ2v) is 7.89. The Kier molecular flexibility index (Phi) is 4.89. The highest BCUT2D eigenvalue weighted by Gasteiger charge is 2.37. The van der Waals surface area contributed by atoms with Gasteiger partial charge in [-0.25, -0.2) is 4.98 Å². The summed E-state index contributed by atoms with van der Waals surface area (Å²) in [6, 6.07) is 4.71. The van der Waals surface area contributed by atoms with E-state index in [1.165, 1.54) is 17.3 Å². The second-order valence-electron chi connectivity index (χ2n) is 7.53. The molecule has 5 heterocycles.